The molecule has 0 N–H and O–H groups in total. The Labute approximate surface area is 132 Å². The summed E-state index contributed by atoms with van der Waals surface area (Å²) in [6.07, 6.45) is 0.189. The molecule has 106 valence electrons. The van der Waals surface area contributed by atoms with Crippen molar-refractivity contribution in [2.75, 3.05) is 0 Å². The van der Waals surface area contributed by atoms with Gasteiger partial charge in [-0.15, -0.1) is 11.3 Å². The Morgan fingerprint density at radius 1 is 1.10 bits per heavy atom. The first kappa shape index (κ1) is 14.4. The number of halogens is 3. The summed E-state index contributed by atoms with van der Waals surface area (Å²) >= 11 is 4.44. The molecule has 5 heteroatoms. The van der Waals surface area contributed by atoms with E-state index in [4.69, 9.17) is 0 Å². The molecule has 2 aromatic carbocycles. The van der Waals surface area contributed by atoms with Crippen LogP contribution in [0.2, 0.25) is 0 Å². The van der Waals surface area contributed by atoms with Crippen LogP contribution in [-0.4, -0.2) is 5.78 Å². The molecule has 21 heavy (non-hydrogen) atoms. The number of thiophene rings is 1. The number of carbonyl (C=O) groups excluding carboxylic acids is 1. The van der Waals surface area contributed by atoms with Gasteiger partial charge < -0.3 is 0 Å². The third-order valence-electron chi connectivity index (χ3n) is 3.10. The lowest BCUT2D eigenvalue weighted by atomic mass is 10.1. The second-order valence-corrected chi connectivity index (χ2v) is 6.58. The van der Waals surface area contributed by atoms with Crippen LogP contribution in [0.4, 0.5) is 8.78 Å². The molecule has 0 atom stereocenters. The molecule has 1 heterocycles. The quantitative estimate of drug-likeness (QED) is 0.569. The average Bonchev–Trinajstić information content (AvgIpc) is 2.86. The predicted molar refractivity (Wildman–Crippen MR) is 83.9 cm³/mol. The Hall–Kier alpha value is -1.59. The highest BCUT2D eigenvalue weighted by molar-refractivity contribution is 9.10. The van der Waals surface area contributed by atoms with Crippen LogP contribution in [0, 0.1) is 11.6 Å². The van der Waals surface area contributed by atoms with E-state index in [0.29, 0.717) is 9.35 Å². The van der Waals surface area contributed by atoms with Crippen molar-refractivity contribution in [3.05, 3.63) is 69.0 Å². The lowest BCUT2D eigenvalue weighted by Gasteiger charge is -2.01. The van der Waals surface area contributed by atoms with Gasteiger partial charge in [0.15, 0.2) is 5.78 Å². The van der Waals surface area contributed by atoms with E-state index < -0.39 is 0 Å². The second-order valence-electron chi connectivity index (χ2n) is 4.64. The van der Waals surface area contributed by atoms with Crippen molar-refractivity contribution in [2.24, 2.45) is 0 Å². The van der Waals surface area contributed by atoms with Crippen molar-refractivity contribution in [1.29, 1.82) is 0 Å². The topological polar surface area (TPSA) is 17.1 Å². The van der Waals surface area contributed by atoms with E-state index in [2.05, 4.69) is 15.9 Å². The minimum atomic E-state index is -0.358. The molecule has 0 saturated heterocycles. The first-order chi connectivity index (χ1) is 10.0. The maximum Gasteiger partial charge on any atom is 0.177 e. The maximum atomic E-state index is 13.2. The Kier molecular flexibility index (Phi) is 3.87. The number of fused-ring (bicyclic) bond motifs is 1. The molecule has 0 radical (unpaired) electrons. The Morgan fingerprint density at radius 2 is 1.90 bits per heavy atom. The molecular formula is C16H9BrF2OS. The number of ketones is 1. The van der Waals surface area contributed by atoms with Gasteiger partial charge in [0.2, 0.25) is 0 Å². The predicted octanol–water partition coefficient (Wildman–Crippen LogP) is 5.37. The molecule has 1 nitrogen and oxygen atoms in total. The minimum Gasteiger partial charge on any atom is -0.293 e. The monoisotopic (exact) mass is 366 g/mol. The molecule has 0 aliphatic heterocycles. The van der Waals surface area contributed by atoms with E-state index in [1.165, 1.54) is 29.5 Å². The van der Waals surface area contributed by atoms with Crippen molar-refractivity contribution in [1.82, 2.24) is 0 Å². The van der Waals surface area contributed by atoms with Crippen LogP contribution in [0.25, 0.3) is 10.1 Å². The van der Waals surface area contributed by atoms with Crippen LogP contribution in [0.3, 0.4) is 0 Å². The van der Waals surface area contributed by atoms with E-state index >= 15 is 0 Å². The number of carbonyl (C=O) groups is 1. The van der Waals surface area contributed by atoms with Crippen molar-refractivity contribution in [3.8, 4) is 0 Å². The zero-order valence-corrected chi connectivity index (χ0v) is 13.1. The van der Waals surface area contributed by atoms with E-state index in [1.807, 2.05) is 0 Å². The van der Waals surface area contributed by atoms with Gasteiger partial charge in [0.25, 0.3) is 0 Å². The number of hydrogen-bond donors (Lipinski definition) is 0. The zero-order chi connectivity index (χ0) is 15.0. The zero-order valence-electron chi connectivity index (χ0n) is 10.7. The number of rotatable bonds is 3. The van der Waals surface area contributed by atoms with Gasteiger partial charge >= 0.3 is 0 Å². The van der Waals surface area contributed by atoms with E-state index in [1.54, 1.807) is 24.3 Å². The van der Waals surface area contributed by atoms with E-state index in [-0.39, 0.29) is 23.8 Å². The van der Waals surface area contributed by atoms with E-state index in [0.717, 1.165) is 15.6 Å². The Morgan fingerprint density at radius 3 is 2.67 bits per heavy atom. The highest BCUT2D eigenvalue weighted by Gasteiger charge is 2.12. The SMILES string of the molecule is O=C(Cc1ccc(F)c(Br)c1)c1cc2cc(F)ccc2s1. The largest absolute Gasteiger partial charge is 0.293 e. The molecule has 0 fully saturated rings. The van der Waals surface area contributed by atoms with Crippen LogP contribution >= 0.6 is 27.3 Å². The van der Waals surface area contributed by atoms with Crippen LogP contribution in [0.15, 0.2) is 46.9 Å². The standard InChI is InChI=1S/C16H9BrF2OS/c17-12-5-9(1-3-13(12)19)6-14(20)16-8-10-7-11(18)2-4-15(10)21-16/h1-5,7-8H,6H2. The van der Waals surface area contributed by atoms with Gasteiger partial charge in [-0.3, -0.25) is 4.79 Å². The molecule has 3 aromatic rings. The lowest BCUT2D eigenvalue weighted by Crippen LogP contribution is -2.01. The van der Waals surface area contributed by atoms with Crippen LogP contribution in [0.5, 0.6) is 0 Å². The molecule has 0 aliphatic carbocycles. The molecule has 0 amide bonds. The number of hydrogen-bond acceptors (Lipinski definition) is 2. The summed E-state index contributed by atoms with van der Waals surface area (Å²) in [4.78, 5) is 12.9. The summed E-state index contributed by atoms with van der Waals surface area (Å²) in [6, 6.07) is 10.7. The summed E-state index contributed by atoms with van der Waals surface area (Å²) in [5.41, 5.74) is 0.733. The van der Waals surface area contributed by atoms with Gasteiger partial charge in [-0.25, -0.2) is 8.78 Å². The molecule has 0 aliphatic rings. The molecule has 0 saturated carbocycles. The highest BCUT2D eigenvalue weighted by Crippen LogP contribution is 2.27. The minimum absolute atomic E-state index is 0.0601. The first-order valence-corrected chi connectivity index (χ1v) is 7.80. The smallest absolute Gasteiger partial charge is 0.177 e. The Bertz CT molecular complexity index is 841. The summed E-state index contributed by atoms with van der Waals surface area (Å²) < 4.78 is 27.5. The van der Waals surface area contributed by atoms with Gasteiger partial charge in [-0.2, -0.15) is 0 Å². The summed E-state index contributed by atoms with van der Waals surface area (Å²) in [5, 5.41) is 0.726. The van der Waals surface area contributed by atoms with Gasteiger partial charge in [0.1, 0.15) is 11.6 Å². The lowest BCUT2D eigenvalue weighted by molar-refractivity contribution is 0.0997. The normalized spacial score (nSPS) is 11.0. The third-order valence-corrected chi connectivity index (χ3v) is 4.87. The maximum absolute atomic E-state index is 13.2. The number of Topliss-reactive ketones (excluding diaryl/α,β-unsaturated/α-hetero) is 1. The van der Waals surface area contributed by atoms with Crippen molar-refractivity contribution in [3.63, 3.8) is 0 Å². The number of benzene rings is 2. The van der Waals surface area contributed by atoms with Crippen LogP contribution in [-0.2, 0) is 6.42 Å². The van der Waals surface area contributed by atoms with Gasteiger partial charge in [0, 0.05) is 11.1 Å². The van der Waals surface area contributed by atoms with Gasteiger partial charge in [0.05, 0.1) is 9.35 Å². The molecule has 0 spiro atoms. The molecule has 1 aromatic heterocycles. The van der Waals surface area contributed by atoms with E-state index in [9.17, 15) is 13.6 Å². The van der Waals surface area contributed by atoms with Crippen molar-refractivity contribution < 1.29 is 13.6 Å². The highest BCUT2D eigenvalue weighted by atomic mass is 79.9. The molecule has 3 rings (SSSR count). The fraction of sp³-hybridized carbons (Fsp3) is 0.0625. The molecule has 0 bridgehead atoms. The second kappa shape index (κ2) is 5.66. The van der Waals surface area contributed by atoms with Crippen LogP contribution < -0.4 is 0 Å². The van der Waals surface area contributed by atoms with Crippen LogP contribution in [0.1, 0.15) is 15.2 Å². The third kappa shape index (κ3) is 3.04. The Balaban J connectivity index is 1.87. The molecular weight excluding hydrogens is 358 g/mol. The summed E-state index contributed by atoms with van der Waals surface area (Å²) in [6.45, 7) is 0. The molecule has 0 unspecified atom stereocenters. The average molecular weight is 367 g/mol. The summed E-state index contributed by atoms with van der Waals surface area (Å²) in [7, 11) is 0. The summed E-state index contributed by atoms with van der Waals surface area (Å²) in [5.74, 6) is -0.736. The van der Waals surface area contributed by atoms with Crippen molar-refractivity contribution in [2.45, 2.75) is 6.42 Å². The van der Waals surface area contributed by atoms with Gasteiger partial charge in [-0.1, -0.05) is 6.07 Å². The van der Waals surface area contributed by atoms with Gasteiger partial charge in [-0.05, 0) is 63.3 Å². The fourth-order valence-corrected chi connectivity index (χ4v) is 3.48. The fourth-order valence-electron chi connectivity index (χ4n) is 2.07. The first-order valence-electron chi connectivity index (χ1n) is 6.19. The van der Waals surface area contributed by atoms with Crippen molar-refractivity contribution >= 4 is 43.1 Å².